The number of allylic oxidation sites excluding steroid dienone is 4. The Bertz CT molecular complexity index is 163. The van der Waals surface area contributed by atoms with Gasteiger partial charge in [0.15, 0.2) is 0 Å². The van der Waals surface area contributed by atoms with E-state index < -0.39 is 0 Å². The van der Waals surface area contributed by atoms with Crippen LogP contribution < -0.4 is 5.32 Å². The van der Waals surface area contributed by atoms with Crippen molar-refractivity contribution in [1.29, 1.82) is 0 Å². The summed E-state index contributed by atoms with van der Waals surface area (Å²) in [6.07, 6.45) is 9.23. The predicted molar refractivity (Wildman–Crippen MR) is 49.6 cm³/mol. The maximum atomic E-state index is 5.57. The summed E-state index contributed by atoms with van der Waals surface area (Å²) in [4.78, 5) is 0. The Hall–Kier alpha value is 2.58. The van der Waals surface area contributed by atoms with Crippen molar-refractivity contribution in [2.75, 3.05) is 0 Å². The van der Waals surface area contributed by atoms with Crippen LogP contribution in [0.4, 0.5) is 0 Å². The Balaban J connectivity index is 0. The minimum absolute atomic E-state index is 0. The molecule has 0 fully saturated rings. The Morgan fingerprint density at radius 2 is 1.80 bits per heavy atom. The number of hydrogen-bond donors (Lipinski definition) is 1. The van der Waals surface area contributed by atoms with E-state index in [1.807, 2.05) is 18.2 Å². The average Bonchev–Trinajstić information content (AvgIpc) is 1.94. The molecule has 0 spiro atoms. The molecule has 0 aromatic rings. The van der Waals surface area contributed by atoms with Gasteiger partial charge in [0.2, 0.25) is 0 Å². The third-order valence-corrected chi connectivity index (χ3v) is 1.02. The molecule has 0 amide bonds. The van der Waals surface area contributed by atoms with Gasteiger partial charge in [0, 0.05) is 6.20 Å². The van der Waals surface area contributed by atoms with Gasteiger partial charge in [0.25, 0.3) is 0 Å². The average molecular weight is 208 g/mol. The first-order chi connectivity index (χ1) is 3.89. The summed E-state index contributed by atoms with van der Waals surface area (Å²) < 4.78 is 0. The van der Waals surface area contributed by atoms with E-state index in [4.69, 9.17) is 11.6 Å². The summed E-state index contributed by atoms with van der Waals surface area (Å²) in [5.74, 6) is 0. The first-order valence-corrected chi connectivity index (χ1v) is 2.73. The van der Waals surface area contributed by atoms with Crippen molar-refractivity contribution in [2.24, 2.45) is 0 Å². The van der Waals surface area contributed by atoms with Crippen molar-refractivity contribution in [1.82, 2.24) is 5.32 Å². The maximum absolute atomic E-state index is 5.57. The summed E-state index contributed by atoms with van der Waals surface area (Å²) in [7, 11) is 0. The molecule has 0 aromatic carbocycles. The molecular formula is C6H8ClK2N. The monoisotopic (exact) mass is 207 g/mol. The molecule has 1 N–H and O–H groups in total. The first kappa shape index (κ1) is 15.1. The molecule has 0 atom stereocenters. The predicted octanol–water partition coefficient (Wildman–Crippen LogP) is 0.443. The molecule has 1 aliphatic rings. The van der Waals surface area contributed by atoms with Crippen LogP contribution in [0.2, 0.25) is 0 Å². The van der Waals surface area contributed by atoms with Gasteiger partial charge in [-0.1, -0.05) is 23.8 Å². The zero-order chi connectivity index (χ0) is 5.82. The summed E-state index contributed by atoms with van der Waals surface area (Å²) >= 11 is 5.57. The molecular weight excluding hydrogens is 200 g/mol. The van der Waals surface area contributed by atoms with Crippen molar-refractivity contribution in [3.63, 3.8) is 0 Å². The fourth-order valence-corrected chi connectivity index (χ4v) is 0.571. The standard InChI is InChI=1S/C6H6ClN.2K.2H/c7-6-4-2-1-3-5-8-6;;;;/h1-5,8H;;;;. The molecule has 46 valence electrons. The Morgan fingerprint density at radius 3 is 2.50 bits per heavy atom. The second kappa shape index (κ2) is 9.67. The van der Waals surface area contributed by atoms with Crippen LogP contribution in [0.25, 0.3) is 0 Å². The molecule has 0 aromatic heterocycles. The van der Waals surface area contributed by atoms with Crippen molar-refractivity contribution in [3.05, 3.63) is 35.7 Å². The summed E-state index contributed by atoms with van der Waals surface area (Å²) in [5, 5.41) is 3.48. The molecule has 1 aliphatic heterocycles. The van der Waals surface area contributed by atoms with E-state index >= 15 is 0 Å². The van der Waals surface area contributed by atoms with Gasteiger partial charge >= 0.3 is 103 Å². The van der Waals surface area contributed by atoms with Crippen molar-refractivity contribution < 1.29 is 0 Å². The van der Waals surface area contributed by atoms with Crippen molar-refractivity contribution in [3.8, 4) is 0 Å². The molecule has 4 heteroatoms. The Morgan fingerprint density at radius 1 is 1.10 bits per heavy atom. The van der Waals surface area contributed by atoms with E-state index in [9.17, 15) is 0 Å². The topological polar surface area (TPSA) is 12.0 Å². The molecule has 1 rings (SSSR count). The van der Waals surface area contributed by atoms with Gasteiger partial charge in [-0.3, -0.25) is 0 Å². The minimum atomic E-state index is 0. The molecule has 0 saturated heterocycles. The van der Waals surface area contributed by atoms with E-state index in [-0.39, 0.29) is 103 Å². The second-order valence-corrected chi connectivity index (χ2v) is 1.81. The van der Waals surface area contributed by atoms with Crippen LogP contribution in [-0.4, -0.2) is 103 Å². The normalized spacial score (nSPS) is 13.5. The van der Waals surface area contributed by atoms with Crippen LogP contribution in [0.3, 0.4) is 0 Å². The number of hydrogen-bond acceptors (Lipinski definition) is 1. The van der Waals surface area contributed by atoms with Gasteiger partial charge in [-0.05, 0) is 12.2 Å². The van der Waals surface area contributed by atoms with E-state index in [0.29, 0.717) is 5.16 Å². The summed E-state index contributed by atoms with van der Waals surface area (Å²) in [6.45, 7) is 0. The van der Waals surface area contributed by atoms with Crippen LogP contribution in [-0.2, 0) is 0 Å². The zero-order valence-corrected chi connectivity index (χ0v) is 5.02. The van der Waals surface area contributed by atoms with E-state index in [1.165, 1.54) is 0 Å². The van der Waals surface area contributed by atoms with Gasteiger partial charge in [-0.2, -0.15) is 0 Å². The molecule has 10 heavy (non-hydrogen) atoms. The van der Waals surface area contributed by atoms with Gasteiger partial charge in [0.05, 0.1) is 0 Å². The fraction of sp³-hybridized carbons (Fsp3) is 0. The molecule has 1 nitrogen and oxygen atoms in total. The van der Waals surface area contributed by atoms with Crippen LogP contribution in [0.1, 0.15) is 0 Å². The van der Waals surface area contributed by atoms with Gasteiger partial charge in [-0.25, -0.2) is 0 Å². The van der Waals surface area contributed by atoms with E-state index in [1.54, 1.807) is 12.3 Å². The Labute approximate surface area is 151 Å². The van der Waals surface area contributed by atoms with E-state index in [0.717, 1.165) is 0 Å². The quantitative estimate of drug-likeness (QED) is 0.449. The molecule has 0 aliphatic carbocycles. The van der Waals surface area contributed by atoms with Crippen LogP contribution in [0.5, 0.6) is 0 Å². The SMILES string of the molecule is ClC1=CC=CC=CN1.[KH].[KH]. The Kier molecular flexibility index (Phi) is 14.6. The van der Waals surface area contributed by atoms with Gasteiger partial charge < -0.3 is 5.32 Å². The third kappa shape index (κ3) is 7.24. The molecule has 0 radical (unpaired) electrons. The summed E-state index contributed by atoms with van der Waals surface area (Å²) in [6, 6.07) is 0. The van der Waals surface area contributed by atoms with Crippen LogP contribution in [0, 0.1) is 0 Å². The first-order valence-electron chi connectivity index (χ1n) is 2.35. The molecule has 0 bridgehead atoms. The van der Waals surface area contributed by atoms with Gasteiger partial charge in [0.1, 0.15) is 5.16 Å². The molecule has 1 heterocycles. The van der Waals surface area contributed by atoms with Gasteiger partial charge in [-0.15, -0.1) is 0 Å². The fourth-order valence-electron chi connectivity index (χ4n) is 0.436. The number of rotatable bonds is 0. The zero-order valence-electron chi connectivity index (χ0n) is 4.26. The number of nitrogens with one attached hydrogen (secondary N) is 1. The molecule has 0 saturated carbocycles. The van der Waals surface area contributed by atoms with Crippen LogP contribution in [0.15, 0.2) is 35.7 Å². The molecule has 0 unspecified atom stereocenters. The summed E-state index contributed by atoms with van der Waals surface area (Å²) in [5.41, 5.74) is 0. The third-order valence-electron chi connectivity index (χ3n) is 0.782. The second-order valence-electron chi connectivity index (χ2n) is 1.40. The van der Waals surface area contributed by atoms with Crippen molar-refractivity contribution >= 4 is 114 Å². The van der Waals surface area contributed by atoms with Crippen LogP contribution >= 0.6 is 11.6 Å². The number of halogens is 1. The van der Waals surface area contributed by atoms with Crippen molar-refractivity contribution in [2.45, 2.75) is 0 Å². The van der Waals surface area contributed by atoms with E-state index in [2.05, 4.69) is 5.32 Å².